The molecule has 0 aliphatic carbocycles. The predicted molar refractivity (Wildman–Crippen MR) is 110 cm³/mol. The third kappa shape index (κ3) is 11.2. The number of carbonyl (C=O) groups excluding carboxylic acids is 2. The average molecular weight is 456 g/mol. The van der Waals surface area contributed by atoms with Crippen molar-refractivity contribution in [1.82, 2.24) is 10.6 Å². The minimum absolute atomic E-state index is 0. The van der Waals surface area contributed by atoms with E-state index in [0.717, 1.165) is 12.8 Å². The van der Waals surface area contributed by atoms with Crippen LogP contribution in [0.4, 0.5) is 0 Å². The summed E-state index contributed by atoms with van der Waals surface area (Å²) in [4.78, 5) is 21.5. The third-order valence-corrected chi connectivity index (χ3v) is 4.26. The zero-order valence-corrected chi connectivity index (χ0v) is 17.4. The Balaban J connectivity index is -0.000000388. The molecule has 2 fully saturated rings. The molecule has 0 radical (unpaired) electrons. The molecule has 4 atom stereocenters. The van der Waals surface area contributed by atoms with Crippen LogP contribution >= 0.6 is 37.2 Å². The summed E-state index contributed by atoms with van der Waals surface area (Å²) in [7, 11) is 0. The van der Waals surface area contributed by atoms with E-state index in [1.165, 1.54) is 0 Å². The van der Waals surface area contributed by atoms with Crippen molar-refractivity contribution in [2.45, 2.75) is 62.1 Å². The molecule has 2 amide bonds. The highest BCUT2D eigenvalue weighted by atomic mass is 35.5. The molecule has 27 heavy (non-hydrogen) atoms. The fourth-order valence-corrected chi connectivity index (χ4v) is 2.97. The van der Waals surface area contributed by atoms with E-state index in [-0.39, 0.29) is 68.3 Å². The van der Waals surface area contributed by atoms with Crippen molar-refractivity contribution in [3.63, 3.8) is 0 Å². The smallest absolute Gasteiger partial charge is 0.234 e. The van der Waals surface area contributed by atoms with Crippen LogP contribution in [-0.4, -0.2) is 71.5 Å². The Morgan fingerprint density at radius 1 is 0.741 bits per heavy atom. The van der Waals surface area contributed by atoms with E-state index in [4.69, 9.17) is 22.9 Å². The third-order valence-electron chi connectivity index (χ3n) is 4.26. The van der Waals surface area contributed by atoms with Gasteiger partial charge in [0.25, 0.3) is 0 Å². The van der Waals surface area contributed by atoms with Crippen LogP contribution in [0.5, 0.6) is 0 Å². The number of amides is 2. The van der Waals surface area contributed by atoms with Gasteiger partial charge in [0.05, 0.1) is 24.3 Å². The van der Waals surface area contributed by atoms with E-state index in [9.17, 15) is 19.8 Å². The van der Waals surface area contributed by atoms with Crippen LogP contribution in [0.2, 0.25) is 0 Å². The van der Waals surface area contributed by atoms with Gasteiger partial charge in [-0.3, -0.25) is 14.9 Å². The quantitative estimate of drug-likeness (QED) is 0.220. The monoisotopic (exact) mass is 454 g/mol. The number of primary amides is 2. The number of halogens is 3. The molecule has 13 heteroatoms. The van der Waals surface area contributed by atoms with Crippen molar-refractivity contribution in [1.29, 1.82) is 0 Å². The zero-order chi connectivity index (χ0) is 18.3. The summed E-state index contributed by atoms with van der Waals surface area (Å²) in [5.41, 5.74) is 21.0. The second-order valence-electron chi connectivity index (χ2n) is 6.36. The minimum Gasteiger partial charge on any atom is -0.393 e. The number of hydrogen-bond acceptors (Lipinski definition) is 8. The summed E-state index contributed by atoms with van der Waals surface area (Å²) in [5.74, 6) is -1.16. The SMILES string of the molecule is Cl.Cl.Cl.NC(=O)C1CC(O)CC(C(N)=O)N1.NCC1CC(O)CC(CN)N1. The van der Waals surface area contributed by atoms with Gasteiger partial charge in [-0.1, -0.05) is 0 Å². The molecule has 0 aromatic carbocycles. The van der Waals surface area contributed by atoms with Crippen LogP contribution in [0.3, 0.4) is 0 Å². The Hall–Kier alpha value is -0.430. The van der Waals surface area contributed by atoms with Crippen LogP contribution in [0.15, 0.2) is 0 Å². The first-order valence-corrected chi connectivity index (χ1v) is 8.13. The first kappa shape index (κ1) is 31.3. The number of rotatable bonds is 4. The van der Waals surface area contributed by atoms with Crippen molar-refractivity contribution in [3.8, 4) is 0 Å². The van der Waals surface area contributed by atoms with E-state index in [1.807, 2.05) is 0 Å². The van der Waals surface area contributed by atoms with Crippen LogP contribution in [0, 0.1) is 0 Å². The van der Waals surface area contributed by atoms with Crippen molar-refractivity contribution >= 4 is 49.0 Å². The van der Waals surface area contributed by atoms with Gasteiger partial charge in [0, 0.05) is 25.2 Å². The molecule has 0 aromatic rings. The van der Waals surface area contributed by atoms with Crippen molar-refractivity contribution < 1.29 is 19.8 Å². The molecular formula is C14H33Cl3N6O4. The molecule has 2 saturated heterocycles. The molecule has 12 N–H and O–H groups in total. The lowest BCUT2D eigenvalue weighted by molar-refractivity contribution is -0.125. The minimum atomic E-state index is -0.698. The molecule has 0 saturated carbocycles. The summed E-state index contributed by atoms with van der Waals surface area (Å²) in [6.07, 6.45) is 1.06. The number of carbonyl (C=O) groups is 2. The summed E-state index contributed by atoms with van der Waals surface area (Å²) < 4.78 is 0. The summed E-state index contributed by atoms with van der Waals surface area (Å²) >= 11 is 0. The lowest BCUT2D eigenvalue weighted by Crippen LogP contribution is -2.57. The molecule has 0 bridgehead atoms. The second-order valence-corrected chi connectivity index (χ2v) is 6.36. The van der Waals surface area contributed by atoms with E-state index in [2.05, 4.69) is 10.6 Å². The highest BCUT2D eigenvalue weighted by molar-refractivity contribution is 5.86. The fraction of sp³-hybridized carbons (Fsp3) is 0.857. The molecule has 4 unspecified atom stereocenters. The first-order chi connectivity index (χ1) is 11.3. The van der Waals surface area contributed by atoms with Gasteiger partial charge < -0.3 is 38.5 Å². The van der Waals surface area contributed by atoms with Gasteiger partial charge in [0.2, 0.25) is 11.8 Å². The van der Waals surface area contributed by atoms with Gasteiger partial charge in [-0.05, 0) is 25.7 Å². The standard InChI is InChI=1S/C7H13N3O3.C7H17N3O.3ClH/c8-6(12)4-1-3(11)2-5(10-4)7(9)13;8-3-5-1-7(11)2-6(4-9)10-5;;;/h3-5,10-11H,1-2H2,(H2,8,12)(H2,9,13);5-7,10-11H,1-4,8-9H2;3*1H. The molecule has 164 valence electrons. The van der Waals surface area contributed by atoms with Gasteiger partial charge in [-0.2, -0.15) is 0 Å². The first-order valence-electron chi connectivity index (χ1n) is 8.13. The number of aliphatic hydroxyl groups is 2. The average Bonchev–Trinajstić information content (AvgIpc) is 2.54. The maximum absolute atomic E-state index is 10.8. The van der Waals surface area contributed by atoms with Crippen LogP contribution < -0.4 is 33.6 Å². The van der Waals surface area contributed by atoms with Crippen LogP contribution in [0.25, 0.3) is 0 Å². The lowest BCUT2D eigenvalue weighted by atomic mass is 9.95. The highest BCUT2D eigenvalue weighted by Crippen LogP contribution is 2.13. The summed E-state index contributed by atoms with van der Waals surface area (Å²) in [5, 5.41) is 24.6. The van der Waals surface area contributed by atoms with Gasteiger partial charge in [0.1, 0.15) is 0 Å². The number of nitrogens with two attached hydrogens (primary N) is 4. The Morgan fingerprint density at radius 2 is 1.07 bits per heavy atom. The number of aliphatic hydroxyl groups excluding tert-OH is 2. The Labute approximate surface area is 177 Å². The largest absolute Gasteiger partial charge is 0.393 e. The van der Waals surface area contributed by atoms with Crippen LogP contribution in [0.1, 0.15) is 25.7 Å². The highest BCUT2D eigenvalue weighted by Gasteiger charge is 2.32. The van der Waals surface area contributed by atoms with E-state index in [0.29, 0.717) is 13.1 Å². The van der Waals surface area contributed by atoms with Crippen molar-refractivity contribution in [3.05, 3.63) is 0 Å². The van der Waals surface area contributed by atoms with E-state index in [1.54, 1.807) is 0 Å². The number of piperidine rings is 2. The van der Waals surface area contributed by atoms with E-state index < -0.39 is 30.0 Å². The number of nitrogens with one attached hydrogen (secondary N) is 2. The molecule has 2 heterocycles. The van der Waals surface area contributed by atoms with E-state index >= 15 is 0 Å². The van der Waals surface area contributed by atoms with Gasteiger partial charge in [-0.15, -0.1) is 37.2 Å². The summed E-state index contributed by atoms with van der Waals surface area (Å²) in [6, 6.07) is -0.845. The van der Waals surface area contributed by atoms with Gasteiger partial charge in [0.15, 0.2) is 0 Å². The normalized spacial score (nSPS) is 32.3. The molecule has 2 aliphatic heterocycles. The van der Waals surface area contributed by atoms with Gasteiger partial charge in [-0.25, -0.2) is 0 Å². The molecule has 10 nitrogen and oxygen atoms in total. The fourth-order valence-electron chi connectivity index (χ4n) is 2.97. The van der Waals surface area contributed by atoms with Crippen molar-refractivity contribution in [2.75, 3.05) is 13.1 Å². The lowest BCUT2D eigenvalue weighted by Gasteiger charge is -2.32. The Morgan fingerprint density at radius 3 is 1.37 bits per heavy atom. The molecule has 0 spiro atoms. The molecular weight excluding hydrogens is 423 g/mol. The predicted octanol–water partition coefficient (Wildman–Crippen LogP) is -2.91. The molecule has 2 rings (SSSR count). The topological polar surface area (TPSA) is 203 Å². The summed E-state index contributed by atoms with van der Waals surface area (Å²) in [6.45, 7) is 1.15. The maximum Gasteiger partial charge on any atom is 0.234 e. The van der Waals surface area contributed by atoms with Crippen molar-refractivity contribution in [2.24, 2.45) is 22.9 Å². The molecule has 0 aromatic heterocycles. The molecule has 2 aliphatic rings. The maximum atomic E-state index is 10.8. The van der Waals surface area contributed by atoms with Gasteiger partial charge >= 0.3 is 0 Å². The Bertz CT molecular complexity index is 404. The second kappa shape index (κ2) is 15.5. The number of hydrogen-bond donors (Lipinski definition) is 8. The van der Waals surface area contributed by atoms with Crippen LogP contribution in [-0.2, 0) is 9.59 Å². The Kier molecular flexibility index (Phi) is 17.9. The zero-order valence-electron chi connectivity index (χ0n) is 15.0.